The van der Waals surface area contributed by atoms with Crippen molar-refractivity contribution >= 4 is 50.4 Å². The largest absolute Gasteiger partial charge is 0.353 e. The van der Waals surface area contributed by atoms with Crippen molar-refractivity contribution < 1.29 is 14.4 Å². The highest BCUT2D eigenvalue weighted by atomic mass is 79.9. The summed E-state index contributed by atoms with van der Waals surface area (Å²) >= 11 is 3.52. The molecular weight excluding hydrogens is 536 g/mol. The third kappa shape index (κ3) is 5.24. The monoisotopic (exact) mass is 564 g/mol. The molecular formula is C27H29BrN6O3. The number of fused-ring (bicyclic) bond motifs is 1. The van der Waals surface area contributed by atoms with Gasteiger partial charge in [-0.15, -0.1) is 0 Å². The number of pyridine rings is 1. The number of hydrogen-bond donors (Lipinski definition) is 1. The van der Waals surface area contributed by atoms with E-state index in [1.165, 1.54) is 6.08 Å². The topological polar surface area (TPSA) is 90.8 Å². The Hall–Kier alpha value is -3.66. The summed E-state index contributed by atoms with van der Waals surface area (Å²) in [5.74, 6) is 0.596. The first-order valence-corrected chi connectivity index (χ1v) is 13.1. The van der Waals surface area contributed by atoms with Gasteiger partial charge in [-0.05, 0) is 48.9 Å². The van der Waals surface area contributed by atoms with E-state index < -0.39 is 0 Å². The average Bonchev–Trinajstić information content (AvgIpc) is 3.22. The smallest absolute Gasteiger partial charge is 0.256 e. The minimum atomic E-state index is -0.159. The molecule has 0 aliphatic carbocycles. The summed E-state index contributed by atoms with van der Waals surface area (Å²) in [6.07, 6.45) is 4.87. The number of amides is 3. The maximum absolute atomic E-state index is 13.6. The fourth-order valence-corrected chi connectivity index (χ4v) is 5.24. The van der Waals surface area contributed by atoms with Gasteiger partial charge in [0.05, 0.1) is 11.6 Å². The summed E-state index contributed by atoms with van der Waals surface area (Å²) in [4.78, 5) is 48.2. The van der Waals surface area contributed by atoms with Crippen LogP contribution < -0.4 is 10.2 Å². The number of nitrogens with zero attached hydrogens (tertiary/aromatic N) is 5. The molecule has 2 aliphatic rings. The second-order valence-corrected chi connectivity index (χ2v) is 10.4. The van der Waals surface area contributed by atoms with Crippen LogP contribution in [0.4, 0.5) is 5.82 Å². The number of anilines is 1. The van der Waals surface area contributed by atoms with E-state index in [0.29, 0.717) is 44.8 Å². The molecule has 37 heavy (non-hydrogen) atoms. The number of aryl methyl sites for hydroxylation is 1. The van der Waals surface area contributed by atoms with Gasteiger partial charge in [-0.1, -0.05) is 22.5 Å². The summed E-state index contributed by atoms with van der Waals surface area (Å²) in [6.45, 7) is 9.18. The molecule has 5 rings (SSSR count). The second-order valence-electron chi connectivity index (χ2n) is 9.51. The number of halogens is 1. The minimum Gasteiger partial charge on any atom is -0.353 e. The Morgan fingerprint density at radius 3 is 2.57 bits per heavy atom. The molecule has 0 saturated carbocycles. The fourth-order valence-electron chi connectivity index (χ4n) is 4.88. The molecule has 2 fully saturated rings. The maximum atomic E-state index is 13.6. The molecule has 0 atom stereocenters. The number of hydrogen-bond acceptors (Lipinski definition) is 5. The van der Waals surface area contributed by atoms with Crippen molar-refractivity contribution in [3.05, 3.63) is 71.0 Å². The van der Waals surface area contributed by atoms with Gasteiger partial charge in [0.1, 0.15) is 12.4 Å². The summed E-state index contributed by atoms with van der Waals surface area (Å²) < 4.78 is 2.69. The van der Waals surface area contributed by atoms with Gasteiger partial charge in [0.2, 0.25) is 11.8 Å². The molecule has 4 heterocycles. The summed E-state index contributed by atoms with van der Waals surface area (Å²) in [7, 11) is 0. The van der Waals surface area contributed by atoms with Crippen LogP contribution in [-0.4, -0.2) is 82.4 Å². The lowest BCUT2D eigenvalue weighted by molar-refractivity contribution is -0.133. The third-order valence-electron chi connectivity index (χ3n) is 6.91. The van der Waals surface area contributed by atoms with Gasteiger partial charge in [-0.25, -0.2) is 4.98 Å². The minimum absolute atomic E-state index is 0.0447. The van der Waals surface area contributed by atoms with Crippen LogP contribution in [0.15, 0.2) is 59.9 Å². The Morgan fingerprint density at radius 1 is 1.11 bits per heavy atom. The van der Waals surface area contributed by atoms with Crippen LogP contribution in [0.1, 0.15) is 15.9 Å². The SMILES string of the molecule is C=CC(=O)N1CC(NC(=O)Cn2cc(C(=O)N3CCN(c4cc(C)ccn4)CC3)c3cc(Br)ccc32)C1. The van der Waals surface area contributed by atoms with Gasteiger partial charge in [0.25, 0.3) is 5.91 Å². The van der Waals surface area contributed by atoms with E-state index in [2.05, 4.69) is 43.8 Å². The highest BCUT2D eigenvalue weighted by Crippen LogP contribution is 2.27. The van der Waals surface area contributed by atoms with Crippen molar-refractivity contribution in [2.24, 2.45) is 0 Å². The zero-order valence-corrected chi connectivity index (χ0v) is 22.3. The van der Waals surface area contributed by atoms with Crippen LogP contribution in [0.2, 0.25) is 0 Å². The van der Waals surface area contributed by atoms with Gasteiger partial charge >= 0.3 is 0 Å². The number of carbonyl (C=O) groups excluding carboxylic acids is 3. The highest BCUT2D eigenvalue weighted by molar-refractivity contribution is 9.10. The molecule has 0 spiro atoms. The van der Waals surface area contributed by atoms with Crippen LogP contribution in [0.3, 0.4) is 0 Å². The van der Waals surface area contributed by atoms with E-state index in [1.54, 1.807) is 11.1 Å². The normalized spacial score (nSPS) is 16.0. The van der Waals surface area contributed by atoms with Crippen LogP contribution in [0.25, 0.3) is 10.9 Å². The Labute approximate surface area is 223 Å². The molecule has 2 saturated heterocycles. The van der Waals surface area contributed by atoms with Crippen LogP contribution in [0, 0.1) is 6.92 Å². The van der Waals surface area contributed by atoms with Crippen molar-refractivity contribution in [2.75, 3.05) is 44.2 Å². The summed E-state index contributed by atoms with van der Waals surface area (Å²) in [6, 6.07) is 9.71. The molecule has 1 N–H and O–H groups in total. The van der Waals surface area contributed by atoms with Gasteiger partial charge in [-0.2, -0.15) is 0 Å². The standard InChI is InChI=1S/C27H29BrN6O3/c1-3-26(36)34-14-20(15-34)30-25(35)17-33-16-22(21-13-19(28)4-5-23(21)33)27(37)32-10-8-31(9-11-32)24-12-18(2)6-7-29-24/h3-7,12-13,16,20H,1,8-11,14-15,17H2,2H3,(H,30,35). The third-order valence-corrected chi connectivity index (χ3v) is 7.41. The van der Waals surface area contributed by atoms with Crippen LogP contribution >= 0.6 is 15.9 Å². The molecule has 2 aromatic heterocycles. The molecule has 9 nitrogen and oxygen atoms in total. The molecule has 0 bridgehead atoms. The van der Waals surface area contributed by atoms with Crippen molar-refractivity contribution in [1.82, 2.24) is 24.7 Å². The van der Waals surface area contributed by atoms with E-state index in [-0.39, 0.29) is 30.3 Å². The number of nitrogens with one attached hydrogen (secondary N) is 1. The lowest BCUT2D eigenvalue weighted by atomic mass is 10.1. The summed E-state index contributed by atoms with van der Waals surface area (Å²) in [5, 5.41) is 3.78. The molecule has 0 radical (unpaired) electrons. The zero-order chi connectivity index (χ0) is 26.1. The number of piperazine rings is 1. The van der Waals surface area contributed by atoms with Crippen LogP contribution in [-0.2, 0) is 16.1 Å². The number of aromatic nitrogens is 2. The molecule has 0 unspecified atom stereocenters. The van der Waals surface area contributed by atoms with E-state index in [4.69, 9.17) is 0 Å². The Kier molecular flexibility index (Phi) is 7.01. The van der Waals surface area contributed by atoms with Gasteiger partial charge in [0.15, 0.2) is 0 Å². The Bertz CT molecular complexity index is 1370. The molecule has 3 aromatic rings. The van der Waals surface area contributed by atoms with Gasteiger partial charge < -0.3 is 24.6 Å². The quantitative estimate of drug-likeness (QED) is 0.465. The van der Waals surface area contributed by atoms with E-state index in [9.17, 15) is 14.4 Å². The molecule has 192 valence electrons. The first-order chi connectivity index (χ1) is 17.8. The highest BCUT2D eigenvalue weighted by Gasteiger charge is 2.31. The van der Waals surface area contributed by atoms with Gasteiger partial charge in [-0.3, -0.25) is 14.4 Å². The number of rotatable bonds is 6. The van der Waals surface area contributed by atoms with Crippen molar-refractivity contribution in [1.29, 1.82) is 0 Å². The van der Waals surface area contributed by atoms with Gasteiger partial charge in [0, 0.05) is 67.0 Å². The number of carbonyl (C=O) groups is 3. The predicted molar refractivity (Wildman–Crippen MR) is 145 cm³/mol. The van der Waals surface area contributed by atoms with Crippen molar-refractivity contribution in [2.45, 2.75) is 19.5 Å². The number of benzene rings is 1. The lowest BCUT2D eigenvalue weighted by Crippen LogP contribution is -2.61. The van der Waals surface area contributed by atoms with Crippen LogP contribution in [0.5, 0.6) is 0 Å². The molecule has 10 heteroatoms. The maximum Gasteiger partial charge on any atom is 0.256 e. The Balaban J connectivity index is 1.28. The fraction of sp³-hybridized carbons (Fsp3) is 0.333. The average molecular weight is 565 g/mol. The van der Waals surface area contributed by atoms with E-state index in [1.807, 2.05) is 46.9 Å². The Morgan fingerprint density at radius 2 is 1.86 bits per heavy atom. The van der Waals surface area contributed by atoms with E-state index >= 15 is 0 Å². The zero-order valence-electron chi connectivity index (χ0n) is 20.7. The second kappa shape index (κ2) is 10.4. The first kappa shape index (κ1) is 25.0. The van der Waals surface area contributed by atoms with E-state index in [0.717, 1.165) is 26.8 Å². The molecule has 2 aliphatic heterocycles. The number of likely N-dealkylation sites (tertiary alicyclic amines) is 1. The molecule has 3 amide bonds. The predicted octanol–water partition coefficient (Wildman–Crippen LogP) is 2.58. The lowest BCUT2D eigenvalue weighted by Gasteiger charge is -2.38. The van der Waals surface area contributed by atoms with Crippen molar-refractivity contribution in [3.8, 4) is 0 Å². The molecule has 1 aromatic carbocycles. The first-order valence-electron chi connectivity index (χ1n) is 12.3. The summed E-state index contributed by atoms with van der Waals surface area (Å²) in [5.41, 5.74) is 2.56. The van der Waals surface area contributed by atoms with Crippen molar-refractivity contribution in [3.63, 3.8) is 0 Å².